The van der Waals surface area contributed by atoms with Crippen LogP contribution in [-0.4, -0.2) is 10.0 Å². The smallest absolute Gasteiger partial charge is 0.270 e. The predicted octanol–water partition coefficient (Wildman–Crippen LogP) is 5.15. The molecular weight excluding hydrogens is 378 g/mol. The number of nitrogens with zero attached hydrogens (tertiary/aromatic N) is 2. The Bertz CT molecular complexity index is 1140. The zero-order chi connectivity index (χ0) is 20.9. The molecule has 0 saturated heterocycles. The average molecular weight is 397 g/mol. The summed E-state index contributed by atoms with van der Waals surface area (Å²) in [6, 6.07) is 14.0. The van der Waals surface area contributed by atoms with Gasteiger partial charge in [-0.05, 0) is 17.7 Å². The van der Waals surface area contributed by atoms with Crippen molar-refractivity contribution in [3.63, 3.8) is 0 Å². The molecule has 7 heteroatoms. The molecule has 0 bridgehead atoms. The van der Waals surface area contributed by atoms with E-state index in [1.54, 1.807) is 0 Å². The number of fused-ring (bicyclic) bond motifs is 3. The fourth-order valence-corrected chi connectivity index (χ4v) is 4.10. The van der Waals surface area contributed by atoms with E-state index in [4.69, 9.17) is 0 Å². The monoisotopic (exact) mass is 397 g/mol. The highest BCUT2D eigenvalue weighted by atomic mass is 19.3. The van der Waals surface area contributed by atoms with Crippen molar-refractivity contribution >= 4 is 5.69 Å². The van der Waals surface area contributed by atoms with Crippen molar-refractivity contribution in [2.45, 2.75) is 32.2 Å². The molecule has 0 unspecified atom stereocenters. The van der Waals surface area contributed by atoms with E-state index in [1.165, 1.54) is 30.3 Å². The Labute approximate surface area is 166 Å². The fourth-order valence-electron chi connectivity index (χ4n) is 4.10. The van der Waals surface area contributed by atoms with E-state index in [2.05, 4.69) is 0 Å². The zero-order valence-electron chi connectivity index (χ0n) is 15.9. The molecule has 0 atom stereocenters. The second-order valence-corrected chi connectivity index (χ2v) is 7.80. The first-order chi connectivity index (χ1) is 13.7. The molecule has 0 amide bonds. The van der Waals surface area contributed by atoms with Crippen molar-refractivity contribution < 1.29 is 23.4 Å². The molecule has 29 heavy (non-hydrogen) atoms. The van der Waals surface area contributed by atoms with Crippen molar-refractivity contribution in [3.8, 4) is 28.3 Å². The molecule has 2 heterocycles. The number of alkyl halides is 2. The number of phenols is 1. The molecule has 1 aliphatic rings. The SMILES string of the molecule is CC1(C)Cc2ccccc2-c2cc(C(F)F)cc(-c3cc([N+](=O)[O-])ccc3O)[n+]21. The summed E-state index contributed by atoms with van der Waals surface area (Å²) in [5, 5.41) is 21.7. The van der Waals surface area contributed by atoms with Crippen LogP contribution in [0.4, 0.5) is 14.5 Å². The molecule has 0 saturated carbocycles. The van der Waals surface area contributed by atoms with Crippen LogP contribution < -0.4 is 4.57 Å². The maximum atomic E-state index is 13.7. The van der Waals surface area contributed by atoms with Crippen LogP contribution in [0.2, 0.25) is 0 Å². The van der Waals surface area contributed by atoms with E-state index in [1.807, 2.05) is 42.7 Å². The molecule has 0 fully saturated rings. The summed E-state index contributed by atoms with van der Waals surface area (Å²) in [5.41, 5.74) is 2.01. The van der Waals surface area contributed by atoms with Crippen LogP contribution in [-0.2, 0) is 12.0 Å². The number of halogens is 2. The predicted molar refractivity (Wildman–Crippen MR) is 104 cm³/mol. The van der Waals surface area contributed by atoms with Gasteiger partial charge in [-0.25, -0.2) is 8.78 Å². The van der Waals surface area contributed by atoms with Gasteiger partial charge in [0.1, 0.15) is 5.75 Å². The van der Waals surface area contributed by atoms with Gasteiger partial charge < -0.3 is 5.11 Å². The third-order valence-electron chi connectivity index (χ3n) is 5.33. The Hall–Kier alpha value is -3.35. The number of non-ortho nitro benzene ring substituents is 1. The normalized spacial score (nSPS) is 14.4. The van der Waals surface area contributed by atoms with Crippen molar-refractivity contribution in [2.75, 3.05) is 0 Å². The van der Waals surface area contributed by atoms with E-state index >= 15 is 0 Å². The van der Waals surface area contributed by atoms with E-state index < -0.39 is 16.9 Å². The molecule has 5 nitrogen and oxygen atoms in total. The van der Waals surface area contributed by atoms with Gasteiger partial charge in [0.2, 0.25) is 11.4 Å². The number of nitro benzene ring substituents is 1. The molecule has 1 aliphatic heterocycles. The summed E-state index contributed by atoms with van der Waals surface area (Å²) in [5.74, 6) is -0.202. The summed E-state index contributed by atoms with van der Waals surface area (Å²) in [6.07, 6.45) is -2.07. The minimum atomic E-state index is -2.72. The van der Waals surface area contributed by atoms with Crippen LogP contribution >= 0.6 is 0 Å². The second-order valence-electron chi connectivity index (χ2n) is 7.80. The van der Waals surface area contributed by atoms with Crippen LogP contribution in [0.5, 0.6) is 5.75 Å². The topological polar surface area (TPSA) is 67.2 Å². The third kappa shape index (κ3) is 3.12. The molecule has 1 N–H and O–H groups in total. The lowest BCUT2D eigenvalue weighted by atomic mass is 9.84. The summed E-state index contributed by atoms with van der Waals surface area (Å²) in [7, 11) is 0. The quantitative estimate of drug-likeness (QED) is 0.378. The van der Waals surface area contributed by atoms with Crippen molar-refractivity contribution in [1.29, 1.82) is 0 Å². The van der Waals surface area contributed by atoms with Crippen LogP contribution in [0.3, 0.4) is 0 Å². The van der Waals surface area contributed by atoms with Gasteiger partial charge in [-0.3, -0.25) is 10.1 Å². The summed E-state index contributed by atoms with van der Waals surface area (Å²) in [6.45, 7) is 3.96. The van der Waals surface area contributed by atoms with Gasteiger partial charge >= 0.3 is 0 Å². The van der Waals surface area contributed by atoms with Crippen LogP contribution in [0.25, 0.3) is 22.5 Å². The van der Waals surface area contributed by atoms with Crippen molar-refractivity contribution in [3.05, 3.63) is 75.8 Å². The average Bonchev–Trinajstić information content (AvgIpc) is 2.67. The van der Waals surface area contributed by atoms with Gasteiger partial charge in [-0.15, -0.1) is 0 Å². The summed E-state index contributed by atoms with van der Waals surface area (Å²) >= 11 is 0. The molecule has 3 aromatic rings. The number of nitro groups is 1. The van der Waals surface area contributed by atoms with Gasteiger partial charge in [-0.1, -0.05) is 18.2 Å². The number of rotatable bonds is 3. The molecule has 0 aliphatic carbocycles. The Morgan fingerprint density at radius 2 is 1.72 bits per heavy atom. The van der Waals surface area contributed by atoms with Crippen molar-refractivity contribution in [2.24, 2.45) is 0 Å². The molecule has 0 radical (unpaired) electrons. The van der Waals surface area contributed by atoms with E-state index in [0.29, 0.717) is 17.8 Å². The van der Waals surface area contributed by atoms with Gasteiger partial charge in [0.05, 0.1) is 10.5 Å². The van der Waals surface area contributed by atoms with Gasteiger partial charge in [-0.2, -0.15) is 4.57 Å². The zero-order valence-corrected chi connectivity index (χ0v) is 15.9. The highest BCUT2D eigenvalue weighted by molar-refractivity contribution is 5.71. The fraction of sp³-hybridized carbons (Fsp3) is 0.227. The maximum absolute atomic E-state index is 13.7. The van der Waals surface area contributed by atoms with Crippen LogP contribution in [0.15, 0.2) is 54.6 Å². The number of benzene rings is 2. The van der Waals surface area contributed by atoms with Crippen LogP contribution in [0, 0.1) is 10.1 Å². The van der Waals surface area contributed by atoms with Crippen LogP contribution in [0.1, 0.15) is 31.4 Å². The molecule has 1 aromatic heterocycles. The summed E-state index contributed by atoms with van der Waals surface area (Å²) in [4.78, 5) is 10.7. The number of aromatic hydroxyl groups is 1. The number of hydrogen-bond acceptors (Lipinski definition) is 3. The maximum Gasteiger partial charge on any atom is 0.270 e. The first-order valence-electron chi connectivity index (χ1n) is 9.14. The number of aromatic nitrogens is 1. The minimum absolute atomic E-state index is 0.149. The number of phenolic OH excluding ortho intramolecular Hbond substituents is 1. The molecule has 4 rings (SSSR count). The first-order valence-corrected chi connectivity index (χ1v) is 9.14. The van der Waals surface area contributed by atoms with E-state index in [0.717, 1.165) is 11.1 Å². The van der Waals surface area contributed by atoms with E-state index in [-0.39, 0.29) is 22.6 Å². The largest absolute Gasteiger partial charge is 0.507 e. The lowest BCUT2D eigenvalue weighted by molar-refractivity contribution is -0.740. The standard InChI is InChI=1S/C22H18F2N2O3/c1-22(2)12-13-5-3-4-6-16(13)18-9-14(21(23)24)10-19(25(18)22)17-11-15(26(28)29)7-8-20(17)27/h3-11,21H,12H2,1-2H3/p+1. The summed E-state index contributed by atoms with van der Waals surface area (Å²) < 4.78 is 29.3. The minimum Gasteiger partial charge on any atom is -0.507 e. The molecule has 2 aromatic carbocycles. The highest BCUT2D eigenvalue weighted by Gasteiger charge is 2.42. The van der Waals surface area contributed by atoms with Gasteiger partial charge in [0.25, 0.3) is 12.1 Å². The third-order valence-corrected chi connectivity index (χ3v) is 5.33. The first kappa shape index (κ1) is 19.0. The van der Waals surface area contributed by atoms with Gasteiger partial charge in [0, 0.05) is 55.7 Å². The Morgan fingerprint density at radius 1 is 1.07 bits per heavy atom. The lowest BCUT2D eigenvalue weighted by Gasteiger charge is -2.30. The Kier molecular flexibility index (Phi) is 4.33. The Balaban J connectivity index is 2.11. The van der Waals surface area contributed by atoms with Gasteiger partial charge in [0.15, 0.2) is 5.54 Å². The Morgan fingerprint density at radius 3 is 2.38 bits per heavy atom. The second kappa shape index (κ2) is 6.62. The van der Waals surface area contributed by atoms with E-state index in [9.17, 15) is 24.0 Å². The number of pyridine rings is 1. The molecular formula is C22H19F2N2O3+. The van der Waals surface area contributed by atoms with Crippen molar-refractivity contribution in [1.82, 2.24) is 0 Å². The highest BCUT2D eigenvalue weighted by Crippen LogP contribution is 2.39. The number of hydrogen-bond donors (Lipinski definition) is 1. The lowest BCUT2D eigenvalue weighted by Crippen LogP contribution is -2.58. The molecule has 148 valence electrons. The molecule has 0 spiro atoms.